The number of carbonyl (C=O) groups excluding carboxylic acids is 1. The molecular weight excluding hydrogens is 292 g/mol. The second kappa shape index (κ2) is 4.70. The molecule has 0 aromatic heterocycles. The van der Waals surface area contributed by atoms with Crippen molar-refractivity contribution in [2.45, 2.75) is 12.5 Å². The quantitative estimate of drug-likeness (QED) is 0.672. The van der Waals surface area contributed by atoms with Gasteiger partial charge in [0, 0.05) is 12.5 Å². The molecule has 1 N–H and O–H groups in total. The maximum Gasteiger partial charge on any atom is 0.407 e. The third kappa shape index (κ3) is 2.55. The first-order chi connectivity index (χ1) is 8.08. The van der Waals surface area contributed by atoms with Crippen molar-refractivity contribution in [3.8, 4) is 0 Å². The smallest absolute Gasteiger partial charge is 0.407 e. The van der Waals surface area contributed by atoms with Gasteiger partial charge in [0.15, 0.2) is 0 Å². The highest BCUT2D eigenvalue weighted by molar-refractivity contribution is 9.10. The van der Waals surface area contributed by atoms with Crippen LogP contribution in [0.25, 0.3) is 0 Å². The Morgan fingerprint density at radius 1 is 1.53 bits per heavy atom. The highest BCUT2D eigenvalue weighted by atomic mass is 79.9. The van der Waals surface area contributed by atoms with E-state index in [0.717, 1.165) is 0 Å². The van der Waals surface area contributed by atoms with Crippen LogP contribution in [0.3, 0.4) is 0 Å². The van der Waals surface area contributed by atoms with E-state index in [1.54, 1.807) is 12.1 Å². The Morgan fingerprint density at radius 2 is 2.29 bits per heavy atom. The summed E-state index contributed by atoms with van der Waals surface area (Å²) in [4.78, 5) is 21.4. The molecular formula is C10H9BrN2O4. The molecule has 1 heterocycles. The average Bonchev–Trinajstić information content (AvgIpc) is 2.29. The van der Waals surface area contributed by atoms with E-state index in [2.05, 4.69) is 21.2 Å². The molecule has 1 saturated heterocycles. The van der Waals surface area contributed by atoms with Crippen LogP contribution in [0.1, 0.15) is 18.0 Å². The fraction of sp³-hybridized carbons (Fsp3) is 0.300. The summed E-state index contributed by atoms with van der Waals surface area (Å²) in [5, 5.41) is 13.4. The Hall–Kier alpha value is -1.63. The summed E-state index contributed by atoms with van der Waals surface area (Å²) < 4.78 is 5.16. The zero-order valence-electron chi connectivity index (χ0n) is 8.68. The Kier molecular flexibility index (Phi) is 3.28. The van der Waals surface area contributed by atoms with Crippen molar-refractivity contribution in [1.82, 2.24) is 5.32 Å². The lowest BCUT2D eigenvalue weighted by atomic mass is 10.0. The number of nitrogens with zero attached hydrogens (tertiary/aromatic N) is 1. The van der Waals surface area contributed by atoms with Gasteiger partial charge in [-0.15, -0.1) is 0 Å². The molecule has 6 nitrogen and oxygen atoms in total. The van der Waals surface area contributed by atoms with E-state index in [1.165, 1.54) is 6.07 Å². The zero-order valence-corrected chi connectivity index (χ0v) is 10.3. The standard InChI is InChI=1S/C10H9BrN2O4/c11-7-2-1-6(5-9(7)13(15)16)8-3-4-17-10(14)12-8/h1-2,5,8H,3-4H2,(H,12,14)/t8-/m1/s1. The lowest BCUT2D eigenvalue weighted by Crippen LogP contribution is -2.35. The van der Waals surface area contributed by atoms with Gasteiger partial charge < -0.3 is 10.1 Å². The second-order valence-corrected chi connectivity index (χ2v) is 4.44. The number of nitrogens with one attached hydrogen (secondary N) is 1. The largest absolute Gasteiger partial charge is 0.449 e. The predicted molar refractivity (Wildman–Crippen MR) is 62.6 cm³/mol. The van der Waals surface area contributed by atoms with Crippen LogP contribution in [0.5, 0.6) is 0 Å². The maximum atomic E-state index is 11.1. The van der Waals surface area contributed by atoms with Gasteiger partial charge in [-0.3, -0.25) is 10.1 Å². The van der Waals surface area contributed by atoms with Crippen molar-refractivity contribution in [3.63, 3.8) is 0 Å². The SMILES string of the molecule is O=C1N[C@@H](c2ccc(Br)c([N+](=O)[O-])c2)CCO1. The molecule has 90 valence electrons. The van der Waals surface area contributed by atoms with Gasteiger partial charge in [-0.25, -0.2) is 4.79 Å². The third-order valence-corrected chi connectivity index (χ3v) is 3.17. The molecule has 0 aliphatic carbocycles. The van der Waals surface area contributed by atoms with E-state index >= 15 is 0 Å². The molecule has 1 fully saturated rings. The molecule has 1 aromatic carbocycles. The Labute approximate surface area is 105 Å². The number of benzene rings is 1. The highest BCUT2D eigenvalue weighted by Gasteiger charge is 2.23. The molecule has 1 aliphatic heterocycles. The van der Waals surface area contributed by atoms with Gasteiger partial charge in [-0.1, -0.05) is 6.07 Å². The molecule has 1 atom stereocenters. The van der Waals surface area contributed by atoms with Gasteiger partial charge in [-0.05, 0) is 27.6 Å². The molecule has 1 amide bonds. The number of ether oxygens (including phenoxy) is 1. The van der Waals surface area contributed by atoms with Crippen LogP contribution in [0.2, 0.25) is 0 Å². The van der Waals surface area contributed by atoms with Crippen LogP contribution in [-0.2, 0) is 4.74 Å². The minimum Gasteiger partial charge on any atom is -0.449 e. The number of nitro benzene ring substituents is 1. The van der Waals surface area contributed by atoms with Crippen LogP contribution in [0.4, 0.5) is 10.5 Å². The van der Waals surface area contributed by atoms with Gasteiger partial charge >= 0.3 is 6.09 Å². The van der Waals surface area contributed by atoms with Crippen LogP contribution < -0.4 is 5.32 Å². The van der Waals surface area contributed by atoms with E-state index in [1.807, 2.05) is 0 Å². The number of carbonyl (C=O) groups is 1. The number of nitro groups is 1. The molecule has 1 aliphatic rings. The summed E-state index contributed by atoms with van der Waals surface area (Å²) in [6.07, 6.45) is 0.108. The Bertz CT molecular complexity index is 477. The monoisotopic (exact) mass is 300 g/mol. The zero-order chi connectivity index (χ0) is 12.4. The molecule has 0 bridgehead atoms. The van der Waals surface area contributed by atoms with Gasteiger partial charge in [0.25, 0.3) is 5.69 Å². The number of halogens is 1. The molecule has 1 aromatic rings. The molecule has 0 saturated carbocycles. The second-order valence-electron chi connectivity index (χ2n) is 3.59. The number of rotatable bonds is 2. The van der Waals surface area contributed by atoms with E-state index < -0.39 is 11.0 Å². The van der Waals surface area contributed by atoms with Crippen molar-refractivity contribution >= 4 is 27.7 Å². The lowest BCUT2D eigenvalue weighted by molar-refractivity contribution is -0.385. The first kappa shape index (κ1) is 11.8. The molecule has 17 heavy (non-hydrogen) atoms. The van der Waals surface area contributed by atoms with Crippen molar-refractivity contribution < 1.29 is 14.5 Å². The molecule has 0 spiro atoms. The minimum absolute atomic E-state index is 0.0109. The molecule has 7 heteroatoms. The molecule has 0 unspecified atom stereocenters. The van der Waals surface area contributed by atoms with Gasteiger partial charge in [0.2, 0.25) is 0 Å². The maximum absolute atomic E-state index is 11.1. The number of hydrogen-bond acceptors (Lipinski definition) is 4. The van der Waals surface area contributed by atoms with Crippen LogP contribution in [-0.4, -0.2) is 17.6 Å². The molecule has 0 radical (unpaired) electrons. The van der Waals surface area contributed by atoms with Gasteiger partial charge in [0.1, 0.15) is 0 Å². The van der Waals surface area contributed by atoms with Crippen LogP contribution in [0.15, 0.2) is 22.7 Å². The summed E-state index contributed by atoms with van der Waals surface area (Å²) in [6, 6.07) is 4.58. The minimum atomic E-state index is -0.494. The molecule has 2 rings (SSSR count). The van der Waals surface area contributed by atoms with Crippen molar-refractivity contribution in [2.75, 3.05) is 6.61 Å². The van der Waals surface area contributed by atoms with E-state index in [4.69, 9.17) is 4.74 Å². The van der Waals surface area contributed by atoms with E-state index in [9.17, 15) is 14.9 Å². The summed E-state index contributed by atoms with van der Waals surface area (Å²) in [5.74, 6) is 0. The lowest BCUT2D eigenvalue weighted by Gasteiger charge is -2.23. The van der Waals surface area contributed by atoms with Crippen molar-refractivity contribution in [2.24, 2.45) is 0 Å². The summed E-state index contributed by atoms with van der Waals surface area (Å²) >= 11 is 3.11. The van der Waals surface area contributed by atoms with Crippen LogP contribution >= 0.6 is 15.9 Å². The Morgan fingerprint density at radius 3 is 2.94 bits per heavy atom. The average molecular weight is 301 g/mol. The third-order valence-electron chi connectivity index (χ3n) is 2.50. The summed E-state index contributed by atoms with van der Waals surface area (Å²) in [5.41, 5.74) is 0.694. The number of amides is 1. The summed E-state index contributed by atoms with van der Waals surface area (Å²) in [7, 11) is 0. The van der Waals surface area contributed by atoms with Crippen molar-refractivity contribution in [1.29, 1.82) is 0 Å². The summed E-state index contributed by atoms with van der Waals surface area (Å²) in [6.45, 7) is 0.320. The predicted octanol–water partition coefficient (Wildman–Crippen LogP) is 2.53. The van der Waals surface area contributed by atoms with Gasteiger partial charge in [0.05, 0.1) is 22.0 Å². The topological polar surface area (TPSA) is 81.5 Å². The fourth-order valence-corrected chi connectivity index (χ4v) is 2.05. The van der Waals surface area contributed by atoms with E-state index in [-0.39, 0.29) is 11.7 Å². The Balaban J connectivity index is 2.29. The highest BCUT2D eigenvalue weighted by Crippen LogP contribution is 2.29. The normalized spacial score (nSPS) is 19.4. The number of hydrogen-bond donors (Lipinski definition) is 1. The van der Waals surface area contributed by atoms with Crippen molar-refractivity contribution in [3.05, 3.63) is 38.3 Å². The first-order valence-corrected chi connectivity index (χ1v) is 5.74. The first-order valence-electron chi connectivity index (χ1n) is 4.95. The number of cyclic esters (lactones) is 1. The van der Waals surface area contributed by atoms with E-state index in [0.29, 0.717) is 23.1 Å². The number of alkyl carbamates (subject to hydrolysis) is 1. The van der Waals surface area contributed by atoms with Gasteiger partial charge in [-0.2, -0.15) is 0 Å². The van der Waals surface area contributed by atoms with Crippen LogP contribution in [0, 0.1) is 10.1 Å². The fourth-order valence-electron chi connectivity index (χ4n) is 1.66.